The van der Waals surface area contributed by atoms with E-state index >= 15 is 0 Å². The summed E-state index contributed by atoms with van der Waals surface area (Å²) in [5.74, 6) is 0.766. The number of methoxy groups -OCH3 is 2. The highest BCUT2D eigenvalue weighted by molar-refractivity contribution is 5.64. The highest BCUT2D eigenvalue weighted by Crippen LogP contribution is 2.28. The molecule has 0 aliphatic rings. The van der Waals surface area contributed by atoms with E-state index in [1.54, 1.807) is 6.07 Å². The van der Waals surface area contributed by atoms with Gasteiger partial charge in [-0.1, -0.05) is 0 Å². The van der Waals surface area contributed by atoms with Crippen LogP contribution in [-0.2, 0) is 12.8 Å². The van der Waals surface area contributed by atoms with Crippen LogP contribution in [0.4, 0.5) is 18.0 Å². The first-order valence-electron chi connectivity index (χ1n) is 7.41. The molecule has 0 saturated carbocycles. The van der Waals surface area contributed by atoms with Crippen molar-refractivity contribution in [3.05, 3.63) is 17.3 Å². The minimum atomic E-state index is -4.15. The topological polar surface area (TPSA) is 80.7 Å². The molecule has 0 atom stereocenters. The quantitative estimate of drug-likeness (QED) is 0.669. The number of alkyl halides is 3. The van der Waals surface area contributed by atoms with Gasteiger partial charge in [-0.25, -0.2) is 9.78 Å². The highest BCUT2D eigenvalue weighted by Gasteiger charge is 2.26. The van der Waals surface area contributed by atoms with E-state index in [1.807, 2.05) is 0 Å². The summed E-state index contributed by atoms with van der Waals surface area (Å²) in [4.78, 5) is 14.8. The van der Waals surface area contributed by atoms with Crippen molar-refractivity contribution in [3.63, 3.8) is 0 Å². The molecule has 0 saturated heterocycles. The van der Waals surface area contributed by atoms with Gasteiger partial charge in [-0.2, -0.15) is 13.2 Å². The molecule has 2 N–H and O–H groups in total. The number of ether oxygens (including phenoxy) is 2. The zero-order chi connectivity index (χ0) is 18.2. The molecule has 0 spiro atoms. The standard InChI is InChI=1S/C15H21F3N2O4/c1-23-12-9-10(5-3-4-7-15(16,17)18)13(24-2)20-11(12)6-8-19-14(21)22/h9,19H,3-8H2,1-2H3,(H,21,22). The Labute approximate surface area is 138 Å². The van der Waals surface area contributed by atoms with E-state index in [-0.39, 0.29) is 13.0 Å². The van der Waals surface area contributed by atoms with Crippen molar-refractivity contribution in [1.29, 1.82) is 0 Å². The molecule has 9 heteroatoms. The summed E-state index contributed by atoms with van der Waals surface area (Å²) in [5, 5.41) is 10.8. The Morgan fingerprint density at radius 3 is 2.50 bits per heavy atom. The number of carboxylic acid groups (broad SMARTS) is 1. The van der Waals surface area contributed by atoms with Crippen LogP contribution in [0.15, 0.2) is 6.07 Å². The number of halogens is 3. The Kier molecular flexibility index (Phi) is 7.60. The molecule has 1 aromatic rings. The van der Waals surface area contributed by atoms with Gasteiger partial charge in [0.25, 0.3) is 0 Å². The summed E-state index contributed by atoms with van der Waals surface area (Å²) in [6, 6.07) is 1.68. The van der Waals surface area contributed by atoms with Crippen LogP contribution in [-0.4, -0.2) is 43.1 Å². The number of aryl methyl sites for hydroxylation is 1. The third-order valence-electron chi connectivity index (χ3n) is 3.31. The average Bonchev–Trinajstić information content (AvgIpc) is 2.50. The van der Waals surface area contributed by atoms with E-state index < -0.39 is 18.7 Å². The SMILES string of the molecule is COc1cc(CCCCC(F)(F)F)c(OC)nc1CCNC(=O)O. The predicted octanol–water partition coefficient (Wildman–Crippen LogP) is 3.18. The maximum absolute atomic E-state index is 12.2. The van der Waals surface area contributed by atoms with Crippen molar-refractivity contribution in [2.45, 2.75) is 38.3 Å². The molecule has 24 heavy (non-hydrogen) atoms. The summed E-state index contributed by atoms with van der Waals surface area (Å²) in [5.41, 5.74) is 1.17. The number of hydrogen-bond donors (Lipinski definition) is 2. The summed E-state index contributed by atoms with van der Waals surface area (Å²) >= 11 is 0. The van der Waals surface area contributed by atoms with Gasteiger partial charge in [-0.05, 0) is 25.3 Å². The van der Waals surface area contributed by atoms with Gasteiger partial charge in [0, 0.05) is 24.9 Å². The normalized spacial score (nSPS) is 11.2. The summed E-state index contributed by atoms with van der Waals surface area (Å²) in [7, 11) is 2.87. The van der Waals surface area contributed by atoms with Crippen molar-refractivity contribution < 1.29 is 32.5 Å². The van der Waals surface area contributed by atoms with Crippen molar-refractivity contribution in [2.75, 3.05) is 20.8 Å². The van der Waals surface area contributed by atoms with Gasteiger partial charge in [0.2, 0.25) is 5.88 Å². The molecule has 0 aliphatic heterocycles. The molecular formula is C15H21F3N2O4. The first-order chi connectivity index (χ1) is 11.3. The zero-order valence-corrected chi connectivity index (χ0v) is 13.6. The molecular weight excluding hydrogens is 329 g/mol. The second kappa shape index (κ2) is 9.19. The molecule has 0 radical (unpaired) electrons. The van der Waals surface area contributed by atoms with Gasteiger partial charge in [0.1, 0.15) is 5.75 Å². The van der Waals surface area contributed by atoms with Crippen LogP contribution in [0.25, 0.3) is 0 Å². The van der Waals surface area contributed by atoms with Gasteiger partial charge < -0.3 is 19.9 Å². The highest BCUT2D eigenvalue weighted by atomic mass is 19.4. The number of rotatable bonds is 9. The van der Waals surface area contributed by atoms with Crippen LogP contribution in [0.2, 0.25) is 0 Å². The molecule has 0 aromatic carbocycles. The Morgan fingerprint density at radius 1 is 1.25 bits per heavy atom. The maximum Gasteiger partial charge on any atom is 0.404 e. The molecule has 0 aliphatic carbocycles. The number of hydrogen-bond acceptors (Lipinski definition) is 4. The molecule has 6 nitrogen and oxygen atoms in total. The number of amides is 1. The van der Waals surface area contributed by atoms with E-state index in [0.29, 0.717) is 42.1 Å². The summed E-state index contributed by atoms with van der Waals surface area (Å²) in [6.07, 6.45) is -5.04. The lowest BCUT2D eigenvalue weighted by Crippen LogP contribution is -2.23. The van der Waals surface area contributed by atoms with Gasteiger partial charge in [-0.15, -0.1) is 0 Å². The number of nitrogens with zero attached hydrogens (tertiary/aromatic N) is 1. The number of pyridine rings is 1. The van der Waals surface area contributed by atoms with E-state index in [1.165, 1.54) is 14.2 Å². The average molecular weight is 350 g/mol. The van der Waals surface area contributed by atoms with E-state index in [2.05, 4.69) is 10.3 Å². The van der Waals surface area contributed by atoms with Crippen LogP contribution in [0.1, 0.15) is 30.5 Å². The Hall–Kier alpha value is -2.19. The predicted molar refractivity (Wildman–Crippen MR) is 80.7 cm³/mol. The number of unbranched alkanes of at least 4 members (excludes halogenated alkanes) is 1. The van der Waals surface area contributed by atoms with Gasteiger partial charge in [0.15, 0.2) is 0 Å². The Morgan fingerprint density at radius 2 is 1.96 bits per heavy atom. The number of aromatic nitrogens is 1. The summed E-state index contributed by atoms with van der Waals surface area (Å²) in [6.45, 7) is 0.160. The van der Waals surface area contributed by atoms with E-state index in [0.717, 1.165) is 0 Å². The molecule has 1 rings (SSSR count). The molecule has 0 bridgehead atoms. The first kappa shape index (κ1) is 19.9. The Bertz CT molecular complexity index is 550. The lowest BCUT2D eigenvalue weighted by atomic mass is 10.1. The van der Waals surface area contributed by atoms with Crippen molar-refractivity contribution in [3.8, 4) is 11.6 Å². The second-order valence-corrected chi connectivity index (χ2v) is 5.11. The van der Waals surface area contributed by atoms with Crippen LogP contribution in [0.3, 0.4) is 0 Å². The van der Waals surface area contributed by atoms with Crippen molar-refractivity contribution in [1.82, 2.24) is 10.3 Å². The molecule has 1 aromatic heterocycles. The second-order valence-electron chi connectivity index (χ2n) is 5.11. The fourth-order valence-electron chi connectivity index (χ4n) is 2.19. The summed E-state index contributed by atoms with van der Waals surface area (Å²) < 4.78 is 46.9. The number of carbonyl (C=O) groups is 1. The fourth-order valence-corrected chi connectivity index (χ4v) is 2.19. The monoisotopic (exact) mass is 350 g/mol. The number of nitrogens with one attached hydrogen (secondary N) is 1. The molecule has 1 heterocycles. The Balaban J connectivity index is 2.76. The minimum Gasteiger partial charge on any atom is -0.495 e. The molecule has 136 valence electrons. The van der Waals surface area contributed by atoms with Gasteiger partial charge >= 0.3 is 12.3 Å². The third-order valence-corrected chi connectivity index (χ3v) is 3.31. The largest absolute Gasteiger partial charge is 0.495 e. The van der Waals surface area contributed by atoms with Crippen molar-refractivity contribution in [2.24, 2.45) is 0 Å². The molecule has 0 unspecified atom stereocenters. The third kappa shape index (κ3) is 6.93. The minimum absolute atomic E-state index is 0.0270. The van der Waals surface area contributed by atoms with Crippen LogP contribution in [0.5, 0.6) is 11.6 Å². The van der Waals surface area contributed by atoms with Crippen LogP contribution >= 0.6 is 0 Å². The fraction of sp³-hybridized carbons (Fsp3) is 0.600. The molecule has 0 fully saturated rings. The maximum atomic E-state index is 12.2. The van der Waals surface area contributed by atoms with Crippen LogP contribution < -0.4 is 14.8 Å². The lowest BCUT2D eigenvalue weighted by molar-refractivity contribution is -0.135. The van der Waals surface area contributed by atoms with Crippen molar-refractivity contribution >= 4 is 6.09 Å². The first-order valence-corrected chi connectivity index (χ1v) is 7.41. The van der Waals surface area contributed by atoms with E-state index in [4.69, 9.17) is 14.6 Å². The van der Waals surface area contributed by atoms with Crippen LogP contribution in [0, 0.1) is 0 Å². The van der Waals surface area contributed by atoms with Gasteiger partial charge in [-0.3, -0.25) is 0 Å². The molecule has 1 amide bonds. The lowest BCUT2D eigenvalue weighted by Gasteiger charge is -2.14. The van der Waals surface area contributed by atoms with Gasteiger partial charge in [0.05, 0.1) is 19.9 Å². The smallest absolute Gasteiger partial charge is 0.404 e. The zero-order valence-electron chi connectivity index (χ0n) is 13.6. The van der Waals surface area contributed by atoms with E-state index in [9.17, 15) is 18.0 Å².